The molecule has 126 valence electrons. The number of benzene rings is 2. The number of methoxy groups -OCH3 is 1. The molecule has 0 saturated heterocycles. The lowest BCUT2D eigenvalue weighted by molar-refractivity contribution is -0.114. The van der Waals surface area contributed by atoms with Crippen LogP contribution in [0.25, 0.3) is 0 Å². The molecule has 6 nitrogen and oxygen atoms in total. The predicted molar refractivity (Wildman–Crippen MR) is 91.0 cm³/mol. The first-order valence-corrected chi connectivity index (χ1v) is 7.47. The monoisotopic (exact) mass is 328 g/mol. The Balaban J connectivity index is 1.95. The molecule has 2 aromatic carbocycles. The molecule has 0 aliphatic rings. The van der Waals surface area contributed by atoms with Gasteiger partial charge in [-0.25, -0.2) is 0 Å². The highest BCUT2D eigenvalue weighted by Gasteiger charge is 2.11. The molecule has 0 spiro atoms. The van der Waals surface area contributed by atoms with Crippen molar-refractivity contribution in [1.29, 1.82) is 0 Å². The van der Waals surface area contributed by atoms with E-state index in [9.17, 15) is 14.7 Å². The molecule has 2 rings (SSSR count). The highest BCUT2D eigenvalue weighted by Crippen LogP contribution is 2.17. The van der Waals surface area contributed by atoms with Crippen LogP contribution in [0.3, 0.4) is 0 Å². The van der Waals surface area contributed by atoms with Crippen molar-refractivity contribution in [3.05, 3.63) is 59.7 Å². The van der Waals surface area contributed by atoms with Gasteiger partial charge in [-0.15, -0.1) is 0 Å². The molecule has 0 aliphatic carbocycles. The molecular formula is C18H20N2O4. The lowest BCUT2D eigenvalue weighted by Gasteiger charge is -2.13. The summed E-state index contributed by atoms with van der Waals surface area (Å²) >= 11 is 0. The molecule has 0 bridgehead atoms. The van der Waals surface area contributed by atoms with Gasteiger partial charge in [0.1, 0.15) is 5.75 Å². The topological polar surface area (TPSA) is 87.7 Å². The van der Waals surface area contributed by atoms with Gasteiger partial charge in [0.05, 0.1) is 13.2 Å². The van der Waals surface area contributed by atoms with E-state index in [1.54, 1.807) is 55.6 Å². The lowest BCUT2D eigenvalue weighted by Crippen LogP contribution is -2.28. The van der Waals surface area contributed by atoms with Crippen molar-refractivity contribution in [2.75, 3.05) is 19.0 Å². The van der Waals surface area contributed by atoms with Crippen molar-refractivity contribution in [2.45, 2.75) is 13.0 Å². The summed E-state index contributed by atoms with van der Waals surface area (Å²) in [4.78, 5) is 23.2. The van der Waals surface area contributed by atoms with Crippen LogP contribution in [0.1, 0.15) is 28.9 Å². The summed E-state index contributed by atoms with van der Waals surface area (Å²) in [6, 6.07) is 13.6. The molecular weight excluding hydrogens is 308 g/mol. The third kappa shape index (κ3) is 4.82. The van der Waals surface area contributed by atoms with Gasteiger partial charge in [-0.05, 0) is 35.9 Å². The predicted octanol–water partition coefficient (Wildman–Crippen LogP) is 2.12. The number of hydrogen-bond acceptors (Lipinski definition) is 4. The van der Waals surface area contributed by atoms with E-state index in [2.05, 4.69) is 10.6 Å². The second-order valence-corrected chi connectivity index (χ2v) is 5.26. The molecule has 0 fully saturated rings. The number of ether oxygens (including phenoxy) is 1. The van der Waals surface area contributed by atoms with Crippen molar-refractivity contribution < 1.29 is 19.4 Å². The van der Waals surface area contributed by atoms with Gasteiger partial charge in [0.25, 0.3) is 5.91 Å². The normalized spacial score (nSPS) is 11.5. The molecule has 1 unspecified atom stereocenters. The number of rotatable bonds is 6. The van der Waals surface area contributed by atoms with Gasteiger partial charge >= 0.3 is 0 Å². The van der Waals surface area contributed by atoms with Crippen LogP contribution in [0.5, 0.6) is 5.75 Å². The van der Waals surface area contributed by atoms with Crippen molar-refractivity contribution in [3.63, 3.8) is 0 Å². The fourth-order valence-corrected chi connectivity index (χ4v) is 2.18. The van der Waals surface area contributed by atoms with Crippen molar-refractivity contribution in [2.24, 2.45) is 0 Å². The van der Waals surface area contributed by atoms with E-state index >= 15 is 0 Å². The fourth-order valence-electron chi connectivity index (χ4n) is 2.18. The zero-order chi connectivity index (χ0) is 17.5. The Hall–Kier alpha value is -2.86. The molecule has 3 N–H and O–H groups in total. The highest BCUT2D eigenvalue weighted by atomic mass is 16.5. The highest BCUT2D eigenvalue weighted by molar-refractivity contribution is 5.96. The van der Waals surface area contributed by atoms with Gasteiger partial charge in [0, 0.05) is 24.7 Å². The molecule has 0 heterocycles. The zero-order valence-corrected chi connectivity index (χ0v) is 13.6. The van der Waals surface area contributed by atoms with E-state index in [1.165, 1.54) is 6.92 Å². The summed E-state index contributed by atoms with van der Waals surface area (Å²) in [6.07, 6.45) is -0.821. The van der Waals surface area contributed by atoms with Gasteiger partial charge in [-0.2, -0.15) is 0 Å². The minimum Gasteiger partial charge on any atom is -0.497 e. The maximum absolute atomic E-state index is 12.2. The van der Waals surface area contributed by atoms with E-state index in [0.717, 1.165) is 0 Å². The smallest absolute Gasteiger partial charge is 0.251 e. The van der Waals surface area contributed by atoms with Crippen LogP contribution in [-0.2, 0) is 4.79 Å². The van der Waals surface area contributed by atoms with E-state index in [4.69, 9.17) is 4.74 Å². The maximum Gasteiger partial charge on any atom is 0.251 e. The number of carbonyl (C=O) groups is 2. The van der Waals surface area contributed by atoms with E-state index in [-0.39, 0.29) is 18.4 Å². The van der Waals surface area contributed by atoms with E-state index in [1.807, 2.05) is 0 Å². The number of aliphatic hydroxyl groups is 1. The Morgan fingerprint density at radius 3 is 2.50 bits per heavy atom. The van der Waals surface area contributed by atoms with Crippen molar-refractivity contribution >= 4 is 17.5 Å². The van der Waals surface area contributed by atoms with Crippen LogP contribution < -0.4 is 15.4 Å². The molecule has 2 aromatic rings. The average molecular weight is 328 g/mol. The second kappa shape index (κ2) is 8.12. The summed E-state index contributed by atoms with van der Waals surface area (Å²) in [5.74, 6) is 0.169. The molecule has 24 heavy (non-hydrogen) atoms. The summed E-state index contributed by atoms with van der Waals surface area (Å²) in [5, 5.41) is 15.4. The van der Waals surface area contributed by atoms with Gasteiger partial charge < -0.3 is 20.5 Å². The first-order valence-electron chi connectivity index (χ1n) is 7.47. The third-order valence-corrected chi connectivity index (χ3v) is 3.40. The van der Waals surface area contributed by atoms with Crippen LogP contribution in [0, 0.1) is 0 Å². The number of carbonyl (C=O) groups excluding carboxylic acids is 2. The standard InChI is InChI=1S/C18H20N2O4/c1-12(21)20-15-5-3-4-14(10-15)18(23)19-11-17(22)13-6-8-16(24-2)9-7-13/h3-10,17,22H,11H2,1-2H3,(H,19,23)(H,20,21). The number of aliphatic hydroxyl groups excluding tert-OH is 1. The molecule has 1 atom stereocenters. The Bertz CT molecular complexity index is 713. The van der Waals surface area contributed by atoms with E-state index in [0.29, 0.717) is 22.6 Å². The van der Waals surface area contributed by atoms with Crippen LogP contribution in [0.15, 0.2) is 48.5 Å². The van der Waals surface area contributed by atoms with Gasteiger partial charge in [-0.3, -0.25) is 9.59 Å². The minimum atomic E-state index is -0.821. The third-order valence-electron chi connectivity index (χ3n) is 3.40. The maximum atomic E-state index is 12.2. The van der Waals surface area contributed by atoms with Crippen molar-refractivity contribution in [3.8, 4) is 5.75 Å². The molecule has 0 radical (unpaired) electrons. The summed E-state index contributed by atoms with van der Waals surface area (Å²) in [5.41, 5.74) is 1.64. The van der Waals surface area contributed by atoms with Gasteiger partial charge in [0.15, 0.2) is 0 Å². The Kier molecular flexibility index (Phi) is 5.92. The zero-order valence-electron chi connectivity index (χ0n) is 13.6. The van der Waals surface area contributed by atoms with Gasteiger partial charge in [-0.1, -0.05) is 18.2 Å². The number of amides is 2. The average Bonchev–Trinajstić information content (AvgIpc) is 2.59. The Labute approximate surface area is 140 Å². The van der Waals surface area contributed by atoms with E-state index < -0.39 is 6.10 Å². The van der Waals surface area contributed by atoms with Crippen LogP contribution in [-0.4, -0.2) is 30.6 Å². The molecule has 0 saturated carbocycles. The number of nitrogens with one attached hydrogen (secondary N) is 2. The molecule has 0 aromatic heterocycles. The first kappa shape index (κ1) is 17.5. The largest absolute Gasteiger partial charge is 0.497 e. The Morgan fingerprint density at radius 2 is 1.88 bits per heavy atom. The second-order valence-electron chi connectivity index (χ2n) is 5.26. The molecule has 2 amide bonds. The fraction of sp³-hybridized carbons (Fsp3) is 0.222. The van der Waals surface area contributed by atoms with Gasteiger partial charge in [0.2, 0.25) is 5.91 Å². The van der Waals surface area contributed by atoms with Crippen molar-refractivity contribution in [1.82, 2.24) is 5.32 Å². The minimum absolute atomic E-state index is 0.0789. The summed E-state index contributed by atoms with van der Waals surface area (Å²) in [7, 11) is 1.57. The Morgan fingerprint density at radius 1 is 1.17 bits per heavy atom. The SMILES string of the molecule is COc1ccc(C(O)CNC(=O)c2cccc(NC(C)=O)c2)cc1. The summed E-state index contributed by atoms with van der Waals surface area (Å²) < 4.78 is 5.06. The van der Waals surface area contributed by atoms with Crippen LogP contribution in [0.4, 0.5) is 5.69 Å². The molecule has 0 aliphatic heterocycles. The first-order chi connectivity index (χ1) is 11.5. The number of hydrogen-bond donors (Lipinski definition) is 3. The molecule has 6 heteroatoms. The van der Waals surface area contributed by atoms with Crippen LogP contribution in [0.2, 0.25) is 0 Å². The van der Waals surface area contributed by atoms with Crippen LogP contribution >= 0.6 is 0 Å². The summed E-state index contributed by atoms with van der Waals surface area (Å²) in [6.45, 7) is 1.48. The quantitative estimate of drug-likeness (QED) is 0.758. The number of anilines is 1. The lowest BCUT2D eigenvalue weighted by atomic mass is 10.1.